The molecule has 0 radical (unpaired) electrons. The van der Waals surface area contributed by atoms with Crippen molar-refractivity contribution in [3.63, 3.8) is 0 Å². The summed E-state index contributed by atoms with van der Waals surface area (Å²) in [5, 5.41) is 11.4. The first-order valence-corrected chi connectivity index (χ1v) is 7.46. The predicted molar refractivity (Wildman–Crippen MR) is 80.0 cm³/mol. The second-order valence-electron chi connectivity index (χ2n) is 4.90. The Bertz CT molecular complexity index is 709. The molecule has 2 amide bonds. The zero-order valence-electron chi connectivity index (χ0n) is 11.2. The summed E-state index contributed by atoms with van der Waals surface area (Å²) >= 11 is 1.03. The molecule has 5 nitrogen and oxygen atoms in total. The van der Waals surface area contributed by atoms with Crippen LogP contribution in [0.3, 0.4) is 0 Å². The zero-order valence-corrected chi connectivity index (χ0v) is 12.0. The fourth-order valence-electron chi connectivity index (χ4n) is 2.48. The van der Waals surface area contributed by atoms with Crippen molar-refractivity contribution in [3.05, 3.63) is 51.2 Å². The fraction of sp³-hybridized carbons (Fsp3) is 0.200. The highest BCUT2D eigenvalue weighted by molar-refractivity contribution is 7.16. The molecular weight excluding hydrogens is 288 g/mol. The van der Waals surface area contributed by atoms with Gasteiger partial charge in [0.1, 0.15) is 0 Å². The number of amides is 2. The number of nitrogens with one attached hydrogen (secondary N) is 2. The maximum atomic E-state index is 12.1. The van der Waals surface area contributed by atoms with Crippen molar-refractivity contribution in [3.8, 4) is 0 Å². The molecule has 0 saturated heterocycles. The smallest absolute Gasteiger partial charge is 0.284 e. The number of rotatable bonds is 3. The monoisotopic (exact) mass is 302 g/mol. The second kappa shape index (κ2) is 5.67. The molecule has 0 bridgehead atoms. The first kappa shape index (κ1) is 13.8. The number of carbonyl (C=O) groups is 2. The van der Waals surface area contributed by atoms with Crippen LogP contribution in [0.5, 0.6) is 0 Å². The van der Waals surface area contributed by atoms with Gasteiger partial charge < -0.3 is 5.32 Å². The van der Waals surface area contributed by atoms with E-state index in [4.69, 9.17) is 5.21 Å². The van der Waals surface area contributed by atoms with E-state index >= 15 is 0 Å². The number of hydrogen-bond donors (Lipinski definition) is 3. The molecule has 0 atom stereocenters. The van der Waals surface area contributed by atoms with Gasteiger partial charge in [-0.2, -0.15) is 0 Å². The lowest BCUT2D eigenvalue weighted by Gasteiger charge is -2.06. The first-order chi connectivity index (χ1) is 10.2. The van der Waals surface area contributed by atoms with Gasteiger partial charge in [0.05, 0.1) is 9.75 Å². The van der Waals surface area contributed by atoms with Crippen LogP contribution < -0.4 is 10.8 Å². The van der Waals surface area contributed by atoms with Crippen LogP contribution in [-0.2, 0) is 12.8 Å². The topological polar surface area (TPSA) is 78.4 Å². The molecule has 0 fully saturated rings. The number of hydrogen-bond acceptors (Lipinski definition) is 4. The van der Waals surface area contributed by atoms with E-state index < -0.39 is 5.91 Å². The van der Waals surface area contributed by atoms with Gasteiger partial charge in [0, 0.05) is 5.69 Å². The third kappa shape index (κ3) is 2.81. The van der Waals surface area contributed by atoms with Crippen molar-refractivity contribution >= 4 is 28.8 Å². The summed E-state index contributed by atoms with van der Waals surface area (Å²) in [5.41, 5.74) is 4.96. The number of fused-ring (bicyclic) bond motifs is 1. The Morgan fingerprint density at radius 1 is 1.00 bits per heavy atom. The van der Waals surface area contributed by atoms with Gasteiger partial charge in [-0.1, -0.05) is 6.07 Å². The van der Waals surface area contributed by atoms with E-state index in [1.165, 1.54) is 17.2 Å². The lowest BCUT2D eigenvalue weighted by atomic mass is 10.1. The Kier molecular flexibility index (Phi) is 3.72. The van der Waals surface area contributed by atoms with E-state index in [0.717, 1.165) is 36.3 Å². The average molecular weight is 302 g/mol. The van der Waals surface area contributed by atoms with Crippen LogP contribution in [0, 0.1) is 0 Å². The van der Waals surface area contributed by atoms with Crippen molar-refractivity contribution in [2.75, 3.05) is 5.32 Å². The van der Waals surface area contributed by atoms with Gasteiger partial charge in [-0.25, -0.2) is 5.48 Å². The van der Waals surface area contributed by atoms with Crippen LogP contribution in [0.15, 0.2) is 30.3 Å². The van der Waals surface area contributed by atoms with E-state index in [9.17, 15) is 9.59 Å². The van der Waals surface area contributed by atoms with Gasteiger partial charge in [0.15, 0.2) is 0 Å². The molecule has 2 aromatic rings. The van der Waals surface area contributed by atoms with Crippen molar-refractivity contribution in [1.82, 2.24) is 5.48 Å². The van der Waals surface area contributed by atoms with E-state index in [1.54, 1.807) is 11.5 Å². The first-order valence-electron chi connectivity index (χ1n) is 6.65. The minimum absolute atomic E-state index is 0.255. The Hall–Kier alpha value is -2.18. The van der Waals surface area contributed by atoms with Gasteiger partial charge in [-0.05, 0) is 54.7 Å². The number of aryl methyl sites for hydroxylation is 2. The van der Waals surface area contributed by atoms with Gasteiger partial charge in [0.25, 0.3) is 11.8 Å². The van der Waals surface area contributed by atoms with E-state index in [1.807, 2.05) is 12.1 Å². The molecule has 1 aliphatic carbocycles. The number of carbonyl (C=O) groups excluding carboxylic acids is 2. The minimum Gasteiger partial charge on any atom is -0.321 e. The second-order valence-corrected chi connectivity index (χ2v) is 5.98. The summed E-state index contributed by atoms with van der Waals surface area (Å²) in [6.07, 6.45) is 3.32. The highest BCUT2D eigenvalue weighted by Crippen LogP contribution is 2.25. The normalized spacial score (nSPS) is 12.8. The number of anilines is 1. The van der Waals surface area contributed by atoms with Crippen molar-refractivity contribution in [1.29, 1.82) is 0 Å². The quantitative estimate of drug-likeness (QED) is 0.602. The number of thiophene rings is 1. The molecule has 108 valence electrons. The van der Waals surface area contributed by atoms with Gasteiger partial charge >= 0.3 is 0 Å². The fourth-order valence-corrected chi connectivity index (χ4v) is 3.27. The number of hydroxylamine groups is 1. The van der Waals surface area contributed by atoms with Crippen molar-refractivity contribution < 1.29 is 14.8 Å². The molecule has 6 heteroatoms. The van der Waals surface area contributed by atoms with Gasteiger partial charge in [-0.15, -0.1) is 11.3 Å². The predicted octanol–water partition coefficient (Wildman–Crippen LogP) is 2.61. The summed E-state index contributed by atoms with van der Waals surface area (Å²) in [4.78, 5) is 24.1. The van der Waals surface area contributed by atoms with E-state index in [-0.39, 0.29) is 10.8 Å². The maximum absolute atomic E-state index is 12.1. The molecular formula is C15H14N2O3S. The van der Waals surface area contributed by atoms with E-state index in [0.29, 0.717) is 4.88 Å². The summed E-state index contributed by atoms with van der Waals surface area (Å²) in [6.45, 7) is 0. The molecule has 0 unspecified atom stereocenters. The van der Waals surface area contributed by atoms with Crippen LogP contribution in [0.1, 0.15) is 36.9 Å². The average Bonchev–Trinajstić information content (AvgIpc) is 3.14. The summed E-state index contributed by atoms with van der Waals surface area (Å²) < 4.78 is 0. The molecule has 1 aromatic carbocycles. The Morgan fingerprint density at radius 2 is 1.71 bits per heavy atom. The highest BCUT2D eigenvalue weighted by atomic mass is 32.1. The molecule has 3 rings (SSSR count). The SMILES string of the molecule is O=C(NO)c1ccc(C(=O)Nc2ccc3c(c2)CCC3)s1. The lowest BCUT2D eigenvalue weighted by molar-refractivity contribution is 0.0711. The van der Waals surface area contributed by atoms with Crippen molar-refractivity contribution in [2.45, 2.75) is 19.3 Å². The summed E-state index contributed by atoms with van der Waals surface area (Å²) in [6, 6.07) is 9.04. The van der Waals surface area contributed by atoms with E-state index in [2.05, 4.69) is 11.4 Å². The van der Waals surface area contributed by atoms with Gasteiger partial charge in [-0.3, -0.25) is 14.8 Å². The van der Waals surface area contributed by atoms with Crippen LogP contribution in [0.25, 0.3) is 0 Å². The van der Waals surface area contributed by atoms with Gasteiger partial charge in [0.2, 0.25) is 0 Å². The molecule has 1 heterocycles. The molecule has 1 aliphatic rings. The molecule has 0 saturated carbocycles. The van der Waals surface area contributed by atoms with Crippen LogP contribution in [0.2, 0.25) is 0 Å². The minimum atomic E-state index is -0.614. The summed E-state index contributed by atoms with van der Waals surface area (Å²) in [7, 11) is 0. The maximum Gasteiger partial charge on any atom is 0.284 e. The van der Waals surface area contributed by atoms with Crippen LogP contribution >= 0.6 is 11.3 Å². The van der Waals surface area contributed by atoms with Crippen LogP contribution in [0.4, 0.5) is 5.69 Å². The Morgan fingerprint density at radius 3 is 2.48 bits per heavy atom. The lowest BCUT2D eigenvalue weighted by Crippen LogP contribution is -2.17. The third-order valence-corrected chi connectivity index (χ3v) is 4.59. The zero-order chi connectivity index (χ0) is 14.8. The third-order valence-electron chi connectivity index (χ3n) is 3.51. The Balaban J connectivity index is 1.74. The Labute approximate surface area is 125 Å². The highest BCUT2D eigenvalue weighted by Gasteiger charge is 2.15. The molecule has 1 aromatic heterocycles. The molecule has 21 heavy (non-hydrogen) atoms. The number of benzene rings is 1. The largest absolute Gasteiger partial charge is 0.321 e. The standard InChI is InChI=1S/C15H14N2O3S/c18-14(12-6-7-13(21-12)15(19)17-20)16-11-5-4-9-2-1-3-10(9)8-11/h4-8,20H,1-3H2,(H,16,18)(H,17,19). The summed E-state index contributed by atoms with van der Waals surface area (Å²) in [5.74, 6) is -0.869. The van der Waals surface area contributed by atoms with Crippen molar-refractivity contribution in [2.24, 2.45) is 0 Å². The molecule has 0 aliphatic heterocycles. The van der Waals surface area contributed by atoms with Crippen LogP contribution in [-0.4, -0.2) is 17.0 Å². The molecule has 3 N–H and O–H groups in total. The molecule has 0 spiro atoms.